The number of anilines is 3. The SMILES string of the molecule is Cc1ccc(Nc2ccc(NC(=O)c3cccs3)nc2)cc1Br. The highest BCUT2D eigenvalue weighted by molar-refractivity contribution is 9.10. The van der Waals surface area contributed by atoms with Gasteiger partial charge in [0.2, 0.25) is 0 Å². The molecule has 0 aliphatic rings. The molecular weight excluding hydrogens is 374 g/mol. The Hall–Kier alpha value is -2.18. The summed E-state index contributed by atoms with van der Waals surface area (Å²) in [6.07, 6.45) is 1.69. The van der Waals surface area contributed by atoms with E-state index in [1.807, 2.05) is 42.6 Å². The molecule has 2 aromatic heterocycles. The number of amides is 1. The first-order chi connectivity index (χ1) is 11.1. The molecule has 0 aliphatic carbocycles. The molecule has 0 bridgehead atoms. The van der Waals surface area contributed by atoms with Crippen molar-refractivity contribution in [2.75, 3.05) is 10.6 Å². The van der Waals surface area contributed by atoms with Gasteiger partial charge in [-0.15, -0.1) is 11.3 Å². The van der Waals surface area contributed by atoms with Crippen LogP contribution in [-0.2, 0) is 0 Å². The second-order valence-corrected chi connectivity index (χ2v) is 6.75. The summed E-state index contributed by atoms with van der Waals surface area (Å²) in [7, 11) is 0. The molecule has 0 spiro atoms. The lowest BCUT2D eigenvalue weighted by Crippen LogP contribution is -2.11. The maximum absolute atomic E-state index is 12.0. The summed E-state index contributed by atoms with van der Waals surface area (Å²) in [5, 5.41) is 7.92. The van der Waals surface area contributed by atoms with E-state index in [1.54, 1.807) is 18.3 Å². The number of carbonyl (C=O) groups is 1. The Morgan fingerprint density at radius 3 is 2.65 bits per heavy atom. The summed E-state index contributed by atoms with van der Waals surface area (Å²) >= 11 is 4.92. The van der Waals surface area contributed by atoms with Crippen LogP contribution in [0.5, 0.6) is 0 Å². The number of halogens is 1. The summed E-state index contributed by atoms with van der Waals surface area (Å²) in [6.45, 7) is 2.04. The van der Waals surface area contributed by atoms with Crippen molar-refractivity contribution >= 4 is 50.4 Å². The minimum atomic E-state index is -0.143. The van der Waals surface area contributed by atoms with Crippen molar-refractivity contribution in [1.29, 1.82) is 0 Å². The van der Waals surface area contributed by atoms with E-state index in [0.717, 1.165) is 15.8 Å². The zero-order chi connectivity index (χ0) is 16.2. The fourth-order valence-electron chi connectivity index (χ4n) is 1.96. The van der Waals surface area contributed by atoms with Crippen LogP contribution in [0.3, 0.4) is 0 Å². The number of pyridine rings is 1. The topological polar surface area (TPSA) is 54.0 Å². The van der Waals surface area contributed by atoms with Gasteiger partial charge < -0.3 is 10.6 Å². The van der Waals surface area contributed by atoms with Gasteiger partial charge in [-0.3, -0.25) is 4.79 Å². The number of benzene rings is 1. The van der Waals surface area contributed by atoms with E-state index in [9.17, 15) is 4.79 Å². The molecule has 116 valence electrons. The second kappa shape index (κ2) is 6.93. The van der Waals surface area contributed by atoms with Crippen molar-refractivity contribution < 1.29 is 4.79 Å². The smallest absolute Gasteiger partial charge is 0.266 e. The Morgan fingerprint density at radius 2 is 2.00 bits per heavy atom. The van der Waals surface area contributed by atoms with E-state index < -0.39 is 0 Å². The van der Waals surface area contributed by atoms with Crippen molar-refractivity contribution in [3.05, 3.63) is 69.0 Å². The molecule has 0 aliphatic heterocycles. The first-order valence-corrected chi connectivity index (χ1v) is 8.63. The molecule has 6 heteroatoms. The van der Waals surface area contributed by atoms with E-state index in [1.165, 1.54) is 16.9 Å². The average Bonchev–Trinajstić information content (AvgIpc) is 3.07. The number of carbonyl (C=O) groups excluding carboxylic acids is 1. The molecule has 3 rings (SSSR count). The van der Waals surface area contributed by atoms with E-state index in [4.69, 9.17) is 0 Å². The summed E-state index contributed by atoms with van der Waals surface area (Å²) in [5.41, 5.74) is 3.01. The van der Waals surface area contributed by atoms with Crippen LogP contribution in [0.25, 0.3) is 0 Å². The standard InChI is InChI=1S/C17H14BrN3OS/c1-11-4-5-12(9-14(11)18)20-13-6-7-16(19-10-13)21-17(22)15-3-2-8-23-15/h2-10,20H,1H3,(H,19,21,22). The van der Waals surface area contributed by atoms with E-state index in [2.05, 4.69) is 31.5 Å². The van der Waals surface area contributed by atoms with Crippen LogP contribution < -0.4 is 10.6 Å². The van der Waals surface area contributed by atoms with Crippen LogP contribution in [-0.4, -0.2) is 10.9 Å². The molecule has 2 heterocycles. The van der Waals surface area contributed by atoms with E-state index in [0.29, 0.717) is 10.7 Å². The Labute approximate surface area is 146 Å². The van der Waals surface area contributed by atoms with Gasteiger partial charge in [0.15, 0.2) is 0 Å². The molecule has 3 aromatic rings. The molecule has 1 aromatic carbocycles. The molecule has 0 saturated heterocycles. The van der Waals surface area contributed by atoms with E-state index in [-0.39, 0.29) is 5.91 Å². The van der Waals surface area contributed by atoms with Crippen LogP contribution in [0.1, 0.15) is 15.2 Å². The number of aryl methyl sites for hydroxylation is 1. The monoisotopic (exact) mass is 387 g/mol. The molecule has 4 nitrogen and oxygen atoms in total. The number of nitrogens with one attached hydrogen (secondary N) is 2. The van der Waals surface area contributed by atoms with Crippen molar-refractivity contribution in [3.8, 4) is 0 Å². The van der Waals surface area contributed by atoms with Gasteiger partial charge in [-0.05, 0) is 48.2 Å². The number of thiophene rings is 1. The highest BCUT2D eigenvalue weighted by Crippen LogP contribution is 2.23. The first kappa shape index (κ1) is 15.7. The molecule has 0 radical (unpaired) electrons. The molecule has 23 heavy (non-hydrogen) atoms. The molecule has 0 atom stereocenters. The minimum absolute atomic E-state index is 0.143. The van der Waals surface area contributed by atoms with Gasteiger partial charge in [0.05, 0.1) is 16.8 Å². The predicted molar refractivity (Wildman–Crippen MR) is 98.7 cm³/mol. The summed E-state index contributed by atoms with van der Waals surface area (Å²) in [4.78, 5) is 16.9. The van der Waals surface area contributed by atoms with Gasteiger partial charge in [0.25, 0.3) is 5.91 Å². The van der Waals surface area contributed by atoms with Crippen LogP contribution in [0.2, 0.25) is 0 Å². The summed E-state index contributed by atoms with van der Waals surface area (Å²) < 4.78 is 1.05. The maximum Gasteiger partial charge on any atom is 0.266 e. The third-order valence-corrected chi connectivity index (χ3v) is 4.93. The van der Waals surface area contributed by atoms with Crippen LogP contribution in [0.15, 0.2) is 58.5 Å². The Kier molecular flexibility index (Phi) is 4.73. The molecule has 0 saturated carbocycles. The lowest BCUT2D eigenvalue weighted by molar-refractivity contribution is 0.103. The highest BCUT2D eigenvalue weighted by Gasteiger charge is 2.07. The average molecular weight is 388 g/mol. The zero-order valence-electron chi connectivity index (χ0n) is 12.3. The van der Waals surface area contributed by atoms with Crippen LogP contribution in [0, 0.1) is 6.92 Å². The lowest BCUT2D eigenvalue weighted by atomic mass is 10.2. The van der Waals surface area contributed by atoms with Crippen molar-refractivity contribution in [3.63, 3.8) is 0 Å². The van der Waals surface area contributed by atoms with Crippen molar-refractivity contribution in [2.24, 2.45) is 0 Å². The van der Waals surface area contributed by atoms with Gasteiger partial charge in [0, 0.05) is 10.2 Å². The maximum atomic E-state index is 12.0. The largest absolute Gasteiger partial charge is 0.354 e. The van der Waals surface area contributed by atoms with Crippen molar-refractivity contribution in [2.45, 2.75) is 6.92 Å². The highest BCUT2D eigenvalue weighted by atomic mass is 79.9. The van der Waals surface area contributed by atoms with Gasteiger partial charge in [-0.2, -0.15) is 0 Å². The first-order valence-electron chi connectivity index (χ1n) is 6.96. The van der Waals surface area contributed by atoms with Crippen LogP contribution in [0.4, 0.5) is 17.2 Å². The molecule has 0 unspecified atom stereocenters. The van der Waals surface area contributed by atoms with Crippen LogP contribution >= 0.6 is 27.3 Å². The number of rotatable bonds is 4. The molecule has 0 fully saturated rings. The number of nitrogens with zero attached hydrogens (tertiary/aromatic N) is 1. The fourth-order valence-corrected chi connectivity index (χ4v) is 2.96. The minimum Gasteiger partial charge on any atom is -0.354 e. The molecule has 1 amide bonds. The summed E-state index contributed by atoms with van der Waals surface area (Å²) in [5.74, 6) is 0.384. The Morgan fingerprint density at radius 1 is 1.17 bits per heavy atom. The Bertz CT molecular complexity index is 816. The normalized spacial score (nSPS) is 10.3. The Balaban J connectivity index is 1.67. The zero-order valence-corrected chi connectivity index (χ0v) is 14.7. The third-order valence-electron chi connectivity index (χ3n) is 3.21. The number of aromatic nitrogens is 1. The lowest BCUT2D eigenvalue weighted by Gasteiger charge is -2.09. The van der Waals surface area contributed by atoms with E-state index >= 15 is 0 Å². The number of hydrogen-bond acceptors (Lipinski definition) is 4. The van der Waals surface area contributed by atoms with Gasteiger partial charge in [-0.1, -0.05) is 28.1 Å². The van der Waals surface area contributed by atoms with Gasteiger partial charge in [0.1, 0.15) is 5.82 Å². The third kappa shape index (κ3) is 3.97. The van der Waals surface area contributed by atoms with Gasteiger partial charge in [-0.25, -0.2) is 4.98 Å². The van der Waals surface area contributed by atoms with Crippen molar-refractivity contribution in [1.82, 2.24) is 4.98 Å². The second-order valence-electron chi connectivity index (χ2n) is 4.95. The molecule has 2 N–H and O–H groups in total. The molecular formula is C17H14BrN3OS. The predicted octanol–water partition coefficient (Wildman–Crippen LogP) is 5.21. The number of hydrogen-bond donors (Lipinski definition) is 2. The van der Waals surface area contributed by atoms with Gasteiger partial charge >= 0.3 is 0 Å². The quantitative estimate of drug-likeness (QED) is 0.645. The fraction of sp³-hybridized carbons (Fsp3) is 0.0588. The summed E-state index contributed by atoms with van der Waals surface area (Å²) in [6, 6.07) is 13.3.